The first kappa shape index (κ1) is 18.3. The molecule has 26 heavy (non-hydrogen) atoms. The summed E-state index contributed by atoms with van der Waals surface area (Å²) in [5.74, 6) is -0.271. The van der Waals surface area contributed by atoms with Gasteiger partial charge in [-0.05, 0) is 61.1 Å². The second-order valence-corrected chi connectivity index (χ2v) is 7.06. The zero-order chi connectivity index (χ0) is 18.8. The average Bonchev–Trinajstić information content (AvgIpc) is 2.98. The Morgan fingerprint density at radius 2 is 1.77 bits per heavy atom. The maximum atomic E-state index is 11.8. The van der Waals surface area contributed by atoms with Crippen LogP contribution in [0.3, 0.4) is 0 Å². The third kappa shape index (κ3) is 4.00. The minimum Gasteiger partial charge on any atom is -0.332 e. The highest BCUT2D eigenvalue weighted by Gasteiger charge is 2.12. The molecule has 0 aliphatic carbocycles. The van der Waals surface area contributed by atoms with Gasteiger partial charge in [0.25, 0.3) is 0 Å². The quantitative estimate of drug-likeness (QED) is 0.668. The summed E-state index contributed by atoms with van der Waals surface area (Å²) in [6.07, 6.45) is 0. The molecule has 2 aromatic carbocycles. The van der Waals surface area contributed by atoms with Crippen molar-refractivity contribution in [2.45, 2.75) is 20.8 Å². The van der Waals surface area contributed by atoms with E-state index in [0.717, 1.165) is 22.5 Å². The van der Waals surface area contributed by atoms with Crippen LogP contribution in [0.4, 0.5) is 5.69 Å². The van der Waals surface area contributed by atoms with Crippen molar-refractivity contribution in [1.82, 2.24) is 20.3 Å². The smallest absolute Gasteiger partial charge is 0.228 e. The number of hydrogen-bond acceptors (Lipinski definition) is 4. The zero-order valence-corrected chi connectivity index (χ0v) is 16.1. The SMILES string of the molecule is Cc1cc2nn(-c3ccc(Cl)cc3)nc2cc1NC(=S)NC(=O)C(C)C. The molecule has 1 heterocycles. The maximum Gasteiger partial charge on any atom is 0.228 e. The van der Waals surface area contributed by atoms with Crippen LogP contribution in [0.15, 0.2) is 36.4 Å². The molecule has 0 radical (unpaired) electrons. The molecule has 1 amide bonds. The van der Waals surface area contributed by atoms with E-state index in [9.17, 15) is 4.79 Å². The number of amides is 1. The van der Waals surface area contributed by atoms with Gasteiger partial charge in [0.1, 0.15) is 11.0 Å². The lowest BCUT2D eigenvalue weighted by atomic mass is 10.2. The largest absolute Gasteiger partial charge is 0.332 e. The molecule has 0 aliphatic heterocycles. The van der Waals surface area contributed by atoms with E-state index in [1.54, 1.807) is 16.9 Å². The van der Waals surface area contributed by atoms with Gasteiger partial charge >= 0.3 is 0 Å². The Morgan fingerprint density at radius 3 is 2.38 bits per heavy atom. The summed E-state index contributed by atoms with van der Waals surface area (Å²) in [5.41, 5.74) is 4.01. The fourth-order valence-electron chi connectivity index (χ4n) is 2.30. The Kier molecular flexibility index (Phi) is 5.20. The van der Waals surface area contributed by atoms with Crippen LogP contribution in [-0.4, -0.2) is 26.0 Å². The summed E-state index contributed by atoms with van der Waals surface area (Å²) < 4.78 is 0. The van der Waals surface area contributed by atoms with Gasteiger partial charge in [0.15, 0.2) is 5.11 Å². The minimum absolute atomic E-state index is 0.130. The van der Waals surface area contributed by atoms with E-state index in [1.165, 1.54) is 0 Å². The number of halogens is 1. The third-order valence-electron chi connectivity index (χ3n) is 3.79. The van der Waals surface area contributed by atoms with Gasteiger partial charge in [0.2, 0.25) is 5.91 Å². The molecule has 0 atom stereocenters. The molecule has 3 rings (SSSR count). The molecule has 0 saturated carbocycles. The standard InChI is InChI=1S/C18H18ClN5OS/c1-10(2)17(25)21-18(26)20-14-9-16-15(8-11(14)3)22-24(23-16)13-6-4-12(19)5-7-13/h4-10H,1-3H3,(H2,20,21,25,26). The molecule has 0 spiro atoms. The van der Waals surface area contributed by atoms with Crippen LogP contribution in [0, 0.1) is 12.8 Å². The van der Waals surface area contributed by atoms with Gasteiger partial charge in [-0.1, -0.05) is 25.4 Å². The molecule has 3 aromatic rings. The molecule has 0 fully saturated rings. The first-order chi connectivity index (χ1) is 12.3. The lowest BCUT2D eigenvalue weighted by Gasteiger charge is -2.12. The third-order valence-corrected chi connectivity index (χ3v) is 4.25. The molecule has 0 bridgehead atoms. The van der Waals surface area contributed by atoms with E-state index < -0.39 is 0 Å². The molecule has 2 N–H and O–H groups in total. The predicted molar refractivity (Wildman–Crippen MR) is 108 cm³/mol. The van der Waals surface area contributed by atoms with Crippen molar-refractivity contribution in [3.63, 3.8) is 0 Å². The summed E-state index contributed by atoms with van der Waals surface area (Å²) in [7, 11) is 0. The van der Waals surface area contributed by atoms with Crippen molar-refractivity contribution >= 4 is 51.6 Å². The second-order valence-electron chi connectivity index (χ2n) is 6.22. The normalized spacial score (nSPS) is 11.0. The molecular formula is C18H18ClN5OS. The Hall–Kier alpha value is -2.51. The molecular weight excluding hydrogens is 370 g/mol. The second kappa shape index (κ2) is 7.39. The molecule has 0 saturated heterocycles. The van der Waals surface area contributed by atoms with E-state index in [4.69, 9.17) is 23.8 Å². The number of hydrogen-bond donors (Lipinski definition) is 2. The molecule has 1 aromatic heterocycles. The van der Waals surface area contributed by atoms with E-state index in [0.29, 0.717) is 10.5 Å². The maximum absolute atomic E-state index is 11.8. The highest BCUT2D eigenvalue weighted by atomic mass is 35.5. The summed E-state index contributed by atoms with van der Waals surface area (Å²) in [5, 5.41) is 15.6. The Morgan fingerprint density at radius 1 is 1.15 bits per heavy atom. The van der Waals surface area contributed by atoms with Gasteiger partial charge in [-0.2, -0.15) is 4.80 Å². The number of aromatic nitrogens is 3. The fraction of sp³-hybridized carbons (Fsp3) is 0.222. The van der Waals surface area contributed by atoms with Gasteiger partial charge in [-0.25, -0.2) is 0 Å². The van der Waals surface area contributed by atoms with E-state index in [2.05, 4.69) is 20.8 Å². The molecule has 0 unspecified atom stereocenters. The highest BCUT2D eigenvalue weighted by molar-refractivity contribution is 7.80. The van der Waals surface area contributed by atoms with Crippen LogP contribution in [0.5, 0.6) is 0 Å². The number of carbonyl (C=O) groups is 1. The van der Waals surface area contributed by atoms with Gasteiger partial charge in [0.05, 0.1) is 5.69 Å². The molecule has 8 heteroatoms. The number of rotatable bonds is 3. The van der Waals surface area contributed by atoms with Crippen LogP contribution in [0.25, 0.3) is 16.7 Å². The molecule has 0 aliphatic rings. The van der Waals surface area contributed by atoms with Crippen LogP contribution in [-0.2, 0) is 4.79 Å². The number of fused-ring (bicyclic) bond motifs is 1. The number of anilines is 1. The van der Waals surface area contributed by atoms with Gasteiger partial charge < -0.3 is 10.6 Å². The lowest BCUT2D eigenvalue weighted by Crippen LogP contribution is -2.36. The van der Waals surface area contributed by atoms with E-state index in [1.807, 2.05) is 45.0 Å². The highest BCUT2D eigenvalue weighted by Crippen LogP contribution is 2.22. The molecule has 6 nitrogen and oxygen atoms in total. The number of benzene rings is 2. The minimum atomic E-state index is -0.141. The topological polar surface area (TPSA) is 71.8 Å². The average molecular weight is 388 g/mol. The zero-order valence-electron chi connectivity index (χ0n) is 14.6. The van der Waals surface area contributed by atoms with Crippen molar-refractivity contribution in [2.24, 2.45) is 5.92 Å². The predicted octanol–water partition coefficient (Wildman–Crippen LogP) is 3.85. The number of thiocarbonyl (C=S) groups is 1. The van der Waals surface area contributed by atoms with Gasteiger partial charge in [-0.3, -0.25) is 4.79 Å². The van der Waals surface area contributed by atoms with E-state index in [-0.39, 0.29) is 16.9 Å². The fourth-order valence-corrected chi connectivity index (χ4v) is 2.64. The van der Waals surface area contributed by atoms with Crippen molar-refractivity contribution in [2.75, 3.05) is 5.32 Å². The first-order valence-corrected chi connectivity index (χ1v) is 8.87. The van der Waals surface area contributed by atoms with Crippen molar-refractivity contribution in [3.8, 4) is 5.69 Å². The van der Waals surface area contributed by atoms with Crippen LogP contribution in [0.2, 0.25) is 5.02 Å². The summed E-state index contributed by atoms with van der Waals surface area (Å²) >= 11 is 11.1. The van der Waals surface area contributed by atoms with Crippen LogP contribution in [0.1, 0.15) is 19.4 Å². The number of aryl methyl sites for hydroxylation is 1. The summed E-state index contributed by atoms with van der Waals surface area (Å²) in [6.45, 7) is 5.56. The van der Waals surface area contributed by atoms with Gasteiger partial charge in [0, 0.05) is 16.6 Å². The summed E-state index contributed by atoms with van der Waals surface area (Å²) in [6, 6.07) is 11.1. The van der Waals surface area contributed by atoms with Crippen LogP contribution >= 0.6 is 23.8 Å². The van der Waals surface area contributed by atoms with Crippen molar-refractivity contribution < 1.29 is 4.79 Å². The first-order valence-electron chi connectivity index (χ1n) is 8.09. The lowest BCUT2D eigenvalue weighted by molar-refractivity contribution is -0.122. The number of carbonyl (C=O) groups excluding carboxylic acids is 1. The monoisotopic (exact) mass is 387 g/mol. The number of nitrogens with zero attached hydrogens (tertiary/aromatic N) is 3. The van der Waals surface area contributed by atoms with Crippen LogP contribution < -0.4 is 10.6 Å². The number of nitrogens with one attached hydrogen (secondary N) is 2. The Labute approximate surface area is 161 Å². The summed E-state index contributed by atoms with van der Waals surface area (Å²) in [4.78, 5) is 13.3. The molecule has 134 valence electrons. The van der Waals surface area contributed by atoms with E-state index >= 15 is 0 Å². The Bertz CT molecular complexity index is 981. The van der Waals surface area contributed by atoms with Crippen molar-refractivity contribution in [1.29, 1.82) is 0 Å². The van der Waals surface area contributed by atoms with Crippen molar-refractivity contribution in [3.05, 3.63) is 47.0 Å². The van der Waals surface area contributed by atoms with Gasteiger partial charge in [-0.15, -0.1) is 10.2 Å². The Balaban J connectivity index is 1.86.